The lowest BCUT2D eigenvalue weighted by atomic mass is 9.89. The minimum Gasteiger partial charge on any atom is -0.303 e. The smallest absolute Gasteiger partial charge is 0.000987 e. The van der Waals surface area contributed by atoms with E-state index in [0.29, 0.717) is 0 Å². The van der Waals surface area contributed by atoms with Crippen molar-refractivity contribution in [2.24, 2.45) is 29.6 Å². The lowest BCUT2D eigenvalue weighted by Gasteiger charge is -2.34. The maximum atomic E-state index is 2.67. The van der Waals surface area contributed by atoms with Crippen molar-refractivity contribution in [3.63, 3.8) is 0 Å². The number of hydrogen-bond donors (Lipinski definition) is 0. The maximum Gasteiger partial charge on any atom is 0.000987 e. The number of piperidine rings is 2. The number of likely N-dealkylation sites (tertiary alicyclic amines) is 2. The van der Waals surface area contributed by atoms with E-state index in [1.807, 2.05) is 0 Å². The Bertz CT molecular complexity index is 321. The van der Waals surface area contributed by atoms with E-state index in [4.69, 9.17) is 0 Å². The van der Waals surface area contributed by atoms with Gasteiger partial charge in [-0.3, -0.25) is 0 Å². The van der Waals surface area contributed by atoms with Crippen LogP contribution in [0.2, 0.25) is 0 Å². The molecule has 2 saturated heterocycles. The molecule has 0 amide bonds. The predicted molar refractivity (Wildman–Crippen MR) is 118 cm³/mol. The van der Waals surface area contributed by atoms with Gasteiger partial charge in [0, 0.05) is 19.6 Å². The largest absolute Gasteiger partial charge is 0.303 e. The summed E-state index contributed by atoms with van der Waals surface area (Å²) in [6.45, 7) is 24.2. The topological polar surface area (TPSA) is 6.48 Å². The van der Waals surface area contributed by atoms with Gasteiger partial charge in [-0.25, -0.2) is 0 Å². The molecule has 0 saturated carbocycles. The van der Waals surface area contributed by atoms with Crippen molar-refractivity contribution < 1.29 is 0 Å². The summed E-state index contributed by atoms with van der Waals surface area (Å²) < 4.78 is 0. The summed E-state index contributed by atoms with van der Waals surface area (Å²) in [5.74, 6) is 4.54. The SMILES string of the molecule is CC(C)CC1CCCN(CC(C)C)C1.CCN1CCCC(CC(C)C)C1. The van der Waals surface area contributed by atoms with E-state index in [-0.39, 0.29) is 0 Å². The molecule has 156 valence electrons. The van der Waals surface area contributed by atoms with E-state index in [1.165, 1.54) is 77.8 Å². The minimum atomic E-state index is 0.827. The van der Waals surface area contributed by atoms with E-state index < -0.39 is 0 Å². The summed E-state index contributed by atoms with van der Waals surface area (Å²) in [4.78, 5) is 5.26. The molecule has 2 aliphatic heterocycles. The van der Waals surface area contributed by atoms with Gasteiger partial charge in [-0.05, 0) is 87.7 Å². The van der Waals surface area contributed by atoms with E-state index in [2.05, 4.69) is 58.3 Å². The third-order valence-corrected chi connectivity index (χ3v) is 5.89. The summed E-state index contributed by atoms with van der Waals surface area (Å²) in [5.41, 5.74) is 0. The van der Waals surface area contributed by atoms with E-state index in [1.54, 1.807) is 0 Å². The fraction of sp³-hybridized carbons (Fsp3) is 1.00. The van der Waals surface area contributed by atoms with Crippen LogP contribution in [0, 0.1) is 29.6 Å². The molecule has 2 heteroatoms. The first-order valence-electron chi connectivity index (χ1n) is 11.7. The maximum absolute atomic E-state index is 2.67. The third-order valence-electron chi connectivity index (χ3n) is 5.89. The van der Waals surface area contributed by atoms with Crippen LogP contribution in [-0.2, 0) is 0 Å². The van der Waals surface area contributed by atoms with Gasteiger partial charge in [-0.15, -0.1) is 0 Å². The van der Waals surface area contributed by atoms with Gasteiger partial charge >= 0.3 is 0 Å². The zero-order valence-corrected chi connectivity index (χ0v) is 19.3. The molecular formula is C24H50N2. The molecule has 2 aliphatic rings. The zero-order valence-electron chi connectivity index (χ0n) is 19.3. The van der Waals surface area contributed by atoms with Gasteiger partial charge in [-0.2, -0.15) is 0 Å². The van der Waals surface area contributed by atoms with Crippen LogP contribution in [0.25, 0.3) is 0 Å². The summed E-state index contributed by atoms with van der Waals surface area (Å²) in [7, 11) is 0. The average molecular weight is 367 g/mol. The monoisotopic (exact) mass is 366 g/mol. The van der Waals surface area contributed by atoms with Crippen molar-refractivity contribution in [1.29, 1.82) is 0 Å². The first kappa shape index (κ1) is 24.0. The van der Waals surface area contributed by atoms with Crippen molar-refractivity contribution >= 4 is 0 Å². The van der Waals surface area contributed by atoms with Crippen molar-refractivity contribution in [2.75, 3.05) is 39.3 Å². The van der Waals surface area contributed by atoms with Crippen LogP contribution in [-0.4, -0.2) is 49.1 Å². The molecule has 2 atom stereocenters. The van der Waals surface area contributed by atoms with E-state index in [0.717, 1.165) is 29.6 Å². The quantitative estimate of drug-likeness (QED) is 0.532. The molecular weight excluding hydrogens is 316 g/mol. The van der Waals surface area contributed by atoms with Gasteiger partial charge in [0.1, 0.15) is 0 Å². The Morgan fingerprint density at radius 1 is 0.692 bits per heavy atom. The predicted octanol–water partition coefficient (Wildman–Crippen LogP) is 6.16. The highest BCUT2D eigenvalue weighted by Crippen LogP contribution is 2.24. The van der Waals surface area contributed by atoms with Gasteiger partial charge in [0.25, 0.3) is 0 Å². The van der Waals surface area contributed by atoms with Gasteiger partial charge in [-0.1, -0.05) is 48.5 Å². The van der Waals surface area contributed by atoms with Crippen LogP contribution in [0.5, 0.6) is 0 Å². The Balaban J connectivity index is 0.000000263. The second-order valence-corrected chi connectivity index (χ2v) is 10.3. The fourth-order valence-electron chi connectivity index (χ4n) is 4.99. The standard InChI is InChI=1S/C13H27N.C11H23N/c1-11(2)8-13-6-5-7-14(10-13)9-12(3)4;1-4-12-7-5-6-11(9-12)8-10(2)3/h11-13H,5-10H2,1-4H3;10-11H,4-9H2,1-3H3. The molecule has 2 rings (SSSR count). The van der Waals surface area contributed by atoms with Gasteiger partial charge < -0.3 is 9.80 Å². The normalized spacial score (nSPS) is 25.6. The van der Waals surface area contributed by atoms with E-state index >= 15 is 0 Å². The molecule has 0 aromatic carbocycles. The summed E-state index contributed by atoms with van der Waals surface area (Å²) in [6, 6.07) is 0. The van der Waals surface area contributed by atoms with Crippen molar-refractivity contribution in [2.45, 2.75) is 87.0 Å². The summed E-state index contributed by atoms with van der Waals surface area (Å²) in [6.07, 6.45) is 8.63. The average Bonchev–Trinajstić information content (AvgIpc) is 2.54. The molecule has 2 nitrogen and oxygen atoms in total. The molecule has 2 heterocycles. The lowest BCUT2D eigenvalue weighted by Crippen LogP contribution is -2.38. The Labute approximate surface area is 166 Å². The van der Waals surface area contributed by atoms with Crippen molar-refractivity contribution in [1.82, 2.24) is 9.80 Å². The molecule has 0 bridgehead atoms. The Hall–Kier alpha value is -0.0800. The van der Waals surface area contributed by atoms with Crippen LogP contribution in [0.1, 0.15) is 87.0 Å². The first-order valence-corrected chi connectivity index (χ1v) is 11.7. The van der Waals surface area contributed by atoms with Crippen molar-refractivity contribution in [3.8, 4) is 0 Å². The summed E-state index contributed by atoms with van der Waals surface area (Å²) in [5, 5.41) is 0. The van der Waals surface area contributed by atoms with E-state index in [9.17, 15) is 0 Å². The molecule has 2 fully saturated rings. The highest BCUT2D eigenvalue weighted by Gasteiger charge is 2.21. The molecule has 0 radical (unpaired) electrons. The molecule has 26 heavy (non-hydrogen) atoms. The molecule has 0 aliphatic carbocycles. The number of rotatable bonds is 7. The number of nitrogens with zero attached hydrogens (tertiary/aromatic N) is 2. The highest BCUT2D eigenvalue weighted by atomic mass is 15.1. The molecule has 0 aromatic rings. The molecule has 2 unspecified atom stereocenters. The van der Waals surface area contributed by atoms with Gasteiger partial charge in [0.2, 0.25) is 0 Å². The first-order chi connectivity index (χ1) is 12.3. The van der Waals surface area contributed by atoms with Crippen LogP contribution < -0.4 is 0 Å². The highest BCUT2D eigenvalue weighted by molar-refractivity contribution is 4.74. The second-order valence-electron chi connectivity index (χ2n) is 10.3. The Kier molecular flexibility index (Phi) is 12.1. The lowest BCUT2D eigenvalue weighted by molar-refractivity contribution is 0.145. The molecule has 0 spiro atoms. The third kappa shape index (κ3) is 10.9. The van der Waals surface area contributed by atoms with Crippen LogP contribution in [0.4, 0.5) is 0 Å². The minimum absolute atomic E-state index is 0.827. The summed E-state index contributed by atoms with van der Waals surface area (Å²) >= 11 is 0. The van der Waals surface area contributed by atoms with Crippen LogP contribution in [0.3, 0.4) is 0 Å². The van der Waals surface area contributed by atoms with Crippen LogP contribution in [0.15, 0.2) is 0 Å². The van der Waals surface area contributed by atoms with Gasteiger partial charge in [0.15, 0.2) is 0 Å². The van der Waals surface area contributed by atoms with Crippen molar-refractivity contribution in [3.05, 3.63) is 0 Å². The Morgan fingerprint density at radius 2 is 1.15 bits per heavy atom. The molecule has 0 aromatic heterocycles. The Morgan fingerprint density at radius 3 is 1.58 bits per heavy atom. The molecule has 0 N–H and O–H groups in total. The second kappa shape index (κ2) is 13.2. The number of hydrogen-bond acceptors (Lipinski definition) is 2. The zero-order chi connectivity index (χ0) is 19.5. The fourth-order valence-corrected chi connectivity index (χ4v) is 4.99. The van der Waals surface area contributed by atoms with Gasteiger partial charge in [0.05, 0.1) is 0 Å². The van der Waals surface area contributed by atoms with Crippen LogP contribution >= 0.6 is 0 Å².